The van der Waals surface area contributed by atoms with Crippen molar-refractivity contribution in [3.63, 3.8) is 0 Å². The number of ether oxygens (including phenoxy) is 1. The number of benzene rings is 1. The fourth-order valence-corrected chi connectivity index (χ4v) is 2.03. The molecular formula is C8H7Cl2O3P. The van der Waals surface area contributed by atoms with Crippen LogP contribution in [0, 0.1) is 0 Å². The second-order valence-electron chi connectivity index (χ2n) is 2.55. The lowest BCUT2D eigenvalue weighted by Gasteiger charge is -2.03. The van der Waals surface area contributed by atoms with Gasteiger partial charge in [-0.05, 0) is 46.7 Å². The van der Waals surface area contributed by atoms with Gasteiger partial charge >= 0.3 is 5.97 Å². The third-order valence-corrected chi connectivity index (χ3v) is 3.47. The van der Waals surface area contributed by atoms with E-state index < -0.39 is 11.8 Å². The molecule has 76 valence electrons. The number of carbonyl (C=O) groups excluding carboxylic acids is 1. The Balaban J connectivity index is 2.89. The number of hydrogen-bond acceptors (Lipinski definition) is 3. The van der Waals surface area contributed by atoms with Crippen molar-refractivity contribution in [2.45, 2.75) is 6.92 Å². The topological polar surface area (TPSA) is 43.4 Å². The van der Waals surface area contributed by atoms with Gasteiger partial charge in [-0.1, -0.05) is 0 Å². The molecular weight excluding hydrogens is 246 g/mol. The minimum atomic E-state index is -3.27. The number of carbonyl (C=O) groups is 1. The van der Waals surface area contributed by atoms with Crippen LogP contribution in [0.3, 0.4) is 0 Å². The molecule has 0 unspecified atom stereocenters. The van der Waals surface area contributed by atoms with E-state index in [2.05, 4.69) is 0 Å². The van der Waals surface area contributed by atoms with Crippen LogP contribution in [-0.4, -0.2) is 5.97 Å². The molecule has 3 nitrogen and oxygen atoms in total. The van der Waals surface area contributed by atoms with Crippen molar-refractivity contribution < 1.29 is 14.1 Å². The van der Waals surface area contributed by atoms with Gasteiger partial charge in [0, 0.05) is 12.2 Å². The molecule has 0 fully saturated rings. The largest absolute Gasteiger partial charge is 0.427 e. The van der Waals surface area contributed by atoms with E-state index in [-0.39, 0.29) is 0 Å². The zero-order chi connectivity index (χ0) is 10.8. The summed E-state index contributed by atoms with van der Waals surface area (Å²) in [5.74, 6) is -3.32. The maximum Gasteiger partial charge on any atom is 0.308 e. The van der Waals surface area contributed by atoms with Crippen LogP contribution in [0.5, 0.6) is 5.75 Å². The zero-order valence-corrected chi connectivity index (χ0v) is 9.64. The molecule has 0 aliphatic rings. The minimum Gasteiger partial charge on any atom is -0.427 e. The van der Waals surface area contributed by atoms with E-state index in [0.29, 0.717) is 11.1 Å². The maximum atomic E-state index is 11.2. The summed E-state index contributed by atoms with van der Waals surface area (Å²) < 4.78 is 15.9. The van der Waals surface area contributed by atoms with Crippen molar-refractivity contribution in [3.05, 3.63) is 24.3 Å². The molecule has 0 radical (unpaired) electrons. The normalized spacial score (nSPS) is 11.1. The highest BCUT2D eigenvalue weighted by molar-refractivity contribution is 8.13. The van der Waals surface area contributed by atoms with Crippen LogP contribution in [0.25, 0.3) is 0 Å². The summed E-state index contributed by atoms with van der Waals surface area (Å²) in [5, 5.41) is 0.316. The molecule has 0 amide bonds. The van der Waals surface area contributed by atoms with E-state index in [1.807, 2.05) is 0 Å². The van der Waals surface area contributed by atoms with Gasteiger partial charge in [-0.25, -0.2) is 0 Å². The molecule has 0 saturated heterocycles. The fourth-order valence-electron chi connectivity index (χ4n) is 0.854. The molecule has 14 heavy (non-hydrogen) atoms. The number of hydrogen-bond donors (Lipinski definition) is 0. The highest BCUT2D eigenvalue weighted by Gasteiger charge is 2.16. The third kappa shape index (κ3) is 3.33. The molecule has 1 aromatic carbocycles. The number of halogens is 2. The quantitative estimate of drug-likeness (QED) is 0.462. The monoisotopic (exact) mass is 252 g/mol. The Kier molecular flexibility index (Phi) is 3.59. The number of rotatable bonds is 2. The maximum absolute atomic E-state index is 11.2. The summed E-state index contributed by atoms with van der Waals surface area (Å²) >= 11 is 10.9. The Morgan fingerprint density at radius 3 is 2.14 bits per heavy atom. The van der Waals surface area contributed by atoms with E-state index in [9.17, 15) is 9.36 Å². The first kappa shape index (κ1) is 11.6. The smallest absolute Gasteiger partial charge is 0.308 e. The van der Waals surface area contributed by atoms with Crippen LogP contribution in [0.4, 0.5) is 0 Å². The lowest BCUT2D eigenvalue weighted by Crippen LogP contribution is -2.03. The first-order valence-electron chi connectivity index (χ1n) is 3.68. The van der Waals surface area contributed by atoms with Gasteiger partial charge in [0.25, 0.3) is 5.85 Å². The second-order valence-corrected chi connectivity index (χ2v) is 7.37. The van der Waals surface area contributed by atoms with Crippen LogP contribution in [0.2, 0.25) is 0 Å². The van der Waals surface area contributed by atoms with E-state index in [1.165, 1.54) is 31.2 Å². The lowest BCUT2D eigenvalue weighted by atomic mass is 10.3. The summed E-state index contributed by atoms with van der Waals surface area (Å²) in [4.78, 5) is 10.6. The summed E-state index contributed by atoms with van der Waals surface area (Å²) in [6.07, 6.45) is 0. The highest BCUT2D eigenvalue weighted by Crippen LogP contribution is 2.55. The van der Waals surface area contributed by atoms with Gasteiger partial charge in [0.05, 0.1) is 0 Å². The van der Waals surface area contributed by atoms with Crippen LogP contribution in [-0.2, 0) is 9.36 Å². The fraction of sp³-hybridized carbons (Fsp3) is 0.125. The summed E-state index contributed by atoms with van der Waals surface area (Å²) in [5.41, 5.74) is 0. The van der Waals surface area contributed by atoms with Gasteiger partial charge in [-0.2, -0.15) is 0 Å². The molecule has 0 saturated carbocycles. The van der Waals surface area contributed by atoms with E-state index in [4.69, 9.17) is 27.2 Å². The molecule has 0 aromatic heterocycles. The summed E-state index contributed by atoms with van der Waals surface area (Å²) in [7, 11) is 0. The van der Waals surface area contributed by atoms with Crippen molar-refractivity contribution in [2.75, 3.05) is 0 Å². The van der Waals surface area contributed by atoms with Crippen LogP contribution in [0.1, 0.15) is 6.92 Å². The van der Waals surface area contributed by atoms with Gasteiger partial charge in [0.1, 0.15) is 5.75 Å². The van der Waals surface area contributed by atoms with Gasteiger partial charge in [0.2, 0.25) is 0 Å². The first-order valence-corrected chi connectivity index (χ1v) is 7.19. The van der Waals surface area contributed by atoms with Crippen LogP contribution >= 0.6 is 28.3 Å². The second kappa shape index (κ2) is 4.35. The number of esters is 1. The highest BCUT2D eigenvalue weighted by atomic mass is 35.9. The Hall–Kier alpha value is -0.500. The van der Waals surface area contributed by atoms with Gasteiger partial charge in [-0.3, -0.25) is 9.36 Å². The van der Waals surface area contributed by atoms with Gasteiger partial charge < -0.3 is 4.74 Å². The van der Waals surface area contributed by atoms with Gasteiger partial charge in [-0.15, -0.1) is 0 Å². The average molecular weight is 253 g/mol. The van der Waals surface area contributed by atoms with E-state index in [0.717, 1.165) is 0 Å². The van der Waals surface area contributed by atoms with Crippen molar-refractivity contribution in [1.82, 2.24) is 0 Å². The predicted octanol–water partition coefficient (Wildman–Crippen LogP) is 2.91. The first-order chi connectivity index (χ1) is 6.39. The Bertz CT molecular complexity index is 382. The molecule has 1 rings (SSSR count). The van der Waals surface area contributed by atoms with Crippen molar-refractivity contribution in [3.8, 4) is 5.75 Å². The SMILES string of the molecule is CC(=O)Oc1ccc(P(=O)(Cl)Cl)cc1. The minimum absolute atomic E-state index is 0.316. The van der Waals surface area contributed by atoms with E-state index in [1.54, 1.807) is 0 Å². The van der Waals surface area contributed by atoms with Crippen molar-refractivity contribution in [2.24, 2.45) is 0 Å². The Labute approximate surface area is 90.9 Å². The standard InChI is InChI=1S/C8H7Cl2O3P/c1-6(11)13-7-2-4-8(5-3-7)14(9,10)12/h2-5H,1H3. The summed E-state index contributed by atoms with van der Waals surface area (Å²) in [6, 6.07) is 5.88. The lowest BCUT2D eigenvalue weighted by molar-refractivity contribution is -0.131. The third-order valence-electron chi connectivity index (χ3n) is 1.40. The molecule has 6 heteroatoms. The predicted molar refractivity (Wildman–Crippen MR) is 56.7 cm³/mol. The van der Waals surface area contributed by atoms with Gasteiger partial charge in [0.15, 0.2) is 0 Å². The molecule has 0 heterocycles. The Morgan fingerprint density at radius 2 is 1.79 bits per heavy atom. The molecule has 0 aliphatic heterocycles. The van der Waals surface area contributed by atoms with E-state index >= 15 is 0 Å². The van der Waals surface area contributed by atoms with Crippen molar-refractivity contribution in [1.29, 1.82) is 0 Å². The van der Waals surface area contributed by atoms with Crippen LogP contribution in [0.15, 0.2) is 24.3 Å². The van der Waals surface area contributed by atoms with Crippen molar-refractivity contribution >= 4 is 39.6 Å². The van der Waals surface area contributed by atoms with Crippen LogP contribution < -0.4 is 10.0 Å². The molecule has 0 aliphatic carbocycles. The summed E-state index contributed by atoms with van der Waals surface area (Å²) in [6.45, 7) is 1.29. The Morgan fingerprint density at radius 1 is 1.29 bits per heavy atom. The molecule has 0 bridgehead atoms. The molecule has 0 atom stereocenters. The molecule has 1 aromatic rings. The average Bonchev–Trinajstić information content (AvgIpc) is 2.02. The molecule has 0 spiro atoms. The zero-order valence-electron chi connectivity index (χ0n) is 7.24. The molecule has 0 N–H and O–H groups in total.